The highest BCUT2D eigenvalue weighted by Crippen LogP contribution is 2.29. The Bertz CT molecular complexity index is 1590. The number of nitrogens with zero attached hydrogens (tertiary/aromatic N) is 7. The highest BCUT2D eigenvalue weighted by Gasteiger charge is 2.22. The lowest BCUT2D eigenvalue weighted by molar-refractivity contribution is 0.0705. The Morgan fingerprint density at radius 2 is 1.88 bits per heavy atom. The van der Waals surface area contributed by atoms with Crippen LogP contribution in [0.4, 0.5) is 5.82 Å². The van der Waals surface area contributed by atoms with Crippen molar-refractivity contribution in [2.24, 2.45) is 12.8 Å². The van der Waals surface area contributed by atoms with E-state index in [0.717, 1.165) is 17.2 Å². The van der Waals surface area contributed by atoms with Crippen LogP contribution in [-0.4, -0.2) is 72.8 Å². The third kappa shape index (κ3) is 5.65. The molecule has 0 unspecified atom stereocenters. The zero-order chi connectivity index (χ0) is 28.2. The molecule has 0 aliphatic carbocycles. The van der Waals surface area contributed by atoms with E-state index in [2.05, 4.69) is 20.9 Å². The summed E-state index contributed by atoms with van der Waals surface area (Å²) in [5.74, 6) is 1.38. The molecule has 1 aromatic carbocycles. The first-order valence-corrected chi connectivity index (χ1v) is 12.7. The van der Waals surface area contributed by atoms with Gasteiger partial charge in [0.2, 0.25) is 5.91 Å². The number of morpholine rings is 1. The van der Waals surface area contributed by atoms with Crippen LogP contribution < -0.4 is 16.1 Å². The van der Waals surface area contributed by atoms with E-state index >= 15 is 0 Å². The number of nitrogens with one attached hydrogen (secondary N) is 1. The summed E-state index contributed by atoms with van der Waals surface area (Å²) in [5.41, 5.74) is 10.7. The molecule has 0 saturated carbocycles. The van der Waals surface area contributed by atoms with E-state index < -0.39 is 11.8 Å². The van der Waals surface area contributed by atoms with Gasteiger partial charge in [-0.3, -0.25) is 14.8 Å². The average Bonchev–Trinajstić information content (AvgIpc) is 3.31. The minimum Gasteiger partial charge on any atom is -0.378 e. The summed E-state index contributed by atoms with van der Waals surface area (Å²) in [4.78, 5) is 48.5. The summed E-state index contributed by atoms with van der Waals surface area (Å²) in [6, 6.07) is 6.97. The lowest BCUT2D eigenvalue weighted by atomic mass is 10.1. The molecule has 13 heteroatoms. The van der Waals surface area contributed by atoms with Gasteiger partial charge in [-0.05, 0) is 19.1 Å². The largest absolute Gasteiger partial charge is 0.378 e. The van der Waals surface area contributed by atoms with Gasteiger partial charge in [0.1, 0.15) is 11.6 Å². The van der Waals surface area contributed by atoms with Crippen molar-refractivity contribution >= 4 is 28.8 Å². The highest BCUT2D eigenvalue weighted by atomic mass is 16.5. The van der Waals surface area contributed by atoms with Gasteiger partial charge in [-0.25, -0.2) is 30.4 Å². The van der Waals surface area contributed by atoms with E-state index in [4.69, 9.17) is 30.6 Å². The van der Waals surface area contributed by atoms with Gasteiger partial charge < -0.3 is 19.9 Å². The number of nitrogens with two attached hydrogens (primary N) is 1. The van der Waals surface area contributed by atoms with Gasteiger partial charge in [0.15, 0.2) is 22.8 Å². The Kier molecular flexibility index (Phi) is 7.75. The van der Waals surface area contributed by atoms with Crippen molar-refractivity contribution in [3.8, 4) is 11.4 Å². The van der Waals surface area contributed by atoms with Crippen LogP contribution in [0.2, 0.25) is 0 Å². The molecule has 1 fully saturated rings. The Morgan fingerprint density at radius 1 is 1.12 bits per heavy atom. The number of aryl methyl sites for hydroxylation is 1. The number of hydrogen-bond acceptors (Lipinski definition) is 10. The minimum atomic E-state index is -0.663. The Morgan fingerprint density at radius 3 is 2.58 bits per heavy atom. The number of allylic oxidation sites excluding steroid dienone is 2. The second-order valence-corrected chi connectivity index (χ2v) is 9.43. The first-order valence-electron chi connectivity index (χ1n) is 12.7. The second-order valence-electron chi connectivity index (χ2n) is 9.43. The first kappa shape index (κ1) is 26.8. The fourth-order valence-electron chi connectivity index (χ4n) is 4.43. The summed E-state index contributed by atoms with van der Waals surface area (Å²) in [7, 11) is 1.92. The standard InChI is InChI=1S/C27H29N9O4/c1-16(12-20-29-14-19(15-30-20)27(38)34-39)6-7-21-31-22-25(35(21)2)32-24(18-5-3-4-17(13-18)23(28)37)33-26(22)36-8-10-40-11-9-36/h3-6,13-15,39H,7-12H2,1-2H3,(H2,28,37)(H,34,38)/b16-6+. The number of carbonyl (C=O) groups is 2. The molecule has 0 atom stereocenters. The number of anilines is 1. The van der Waals surface area contributed by atoms with Gasteiger partial charge in [-0.2, -0.15) is 0 Å². The highest BCUT2D eigenvalue weighted by molar-refractivity contribution is 5.94. The van der Waals surface area contributed by atoms with E-state index in [1.54, 1.807) is 23.7 Å². The van der Waals surface area contributed by atoms with Gasteiger partial charge in [0.25, 0.3) is 5.91 Å². The molecule has 3 aromatic heterocycles. The number of hydrogen-bond donors (Lipinski definition) is 3. The van der Waals surface area contributed by atoms with Gasteiger partial charge in [0, 0.05) is 56.5 Å². The third-order valence-electron chi connectivity index (χ3n) is 6.65. The fraction of sp³-hybridized carbons (Fsp3) is 0.296. The van der Waals surface area contributed by atoms with Crippen molar-refractivity contribution in [1.29, 1.82) is 0 Å². The van der Waals surface area contributed by atoms with Crippen LogP contribution in [0.3, 0.4) is 0 Å². The predicted molar refractivity (Wildman–Crippen MR) is 146 cm³/mol. The molecule has 13 nitrogen and oxygen atoms in total. The van der Waals surface area contributed by atoms with Crippen LogP contribution in [0.5, 0.6) is 0 Å². The number of primary amides is 1. The summed E-state index contributed by atoms with van der Waals surface area (Å²) in [6.07, 6.45) is 5.82. The summed E-state index contributed by atoms with van der Waals surface area (Å²) >= 11 is 0. The predicted octanol–water partition coefficient (Wildman–Crippen LogP) is 1.61. The molecular formula is C27H29N9O4. The smallest absolute Gasteiger partial charge is 0.277 e. The number of imidazole rings is 1. The van der Waals surface area contributed by atoms with Gasteiger partial charge >= 0.3 is 0 Å². The van der Waals surface area contributed by atoms with Crippen molar-refractivity contribution in [3.63, 3.8) is 0 Å². The maximum atomic E-state index is 11.8. The second kappa shape index (κ2) is 11.6. The molecule has 206 valence electrons. The van der Waals surface area contributed by atoms with E-state index in [0.29, 0.717) is 73.1 Å². The molecule has 40 heavy (non-hydrogen) atoms. The quantitative estimate of drug-likeness (QED) is 0.168. The number of rotatable bonds is 8. The number of aromatic nitrogens is 6. The zero-order valence-electron chi connectivity index (χ0n) is 22.2. The van der Waals surface area contributed by atoms with Gasteiger partial charge in [0.05, 0.1) is 18.8 Å². The maximum absolute atomic E-state index is 11.8. The normalized spacial score (nSPS) is 14.0. The number of benzene rings is 1. The lowest BCUT2D eigenvalue weighted by Crippen LogP contribution is -2.37. The van der Waals surface area contributed by atoms with E-state index in [1.165, 1.54) is 12.4 Å². The summed E-state index contributed by atoms with van der Waals surface area (Å²) in [5, 5.41) is 8.75. The average molecular weight is 544 g/mol. The topological polar surface area (TPSA) is 174 Å². The van der Waals surface area contributed by atoms with Crippen molar-refractivity contribution < 1.29 is 19.5 Å². The van der Waals surface area contributed by atoms with E-state index in [1.807, 2.05) is 24.6 Å². The molecule has 1 saturated heterocycles. The number of amides is 2. The fourth-order valence-corrected chi connectivity index (χ4v) is 4.43. The Labute approximate surface area is 229 Å². The molecule has 4 N–H and O–H groups in total. The monoisotopic (exact) mass is 543 g/mol. The minimum absolute atomic E-state index is 0.172. The van der Waals surface area contributed by atoms with Gasteiger partial charge in [-0.15, -0.1) is 0 Å². The molecule has 4 aromatic rings. The molecule has 1 aliphatic heterocycles. The van der Waals surface area contributed by atoms with Crippen molar-refractivity contribution in [1.82, 2.24) is 35.0 Å². The van der Waals surface area contributed by atoms with Crippen LogP contribution >= 0.6 is 0 Å². The van der Waals surface area contributed by atoms with Crippen LogP contribution in [-0.2, 0) is 24.6 Å². The summed E-state index contributed by atoms with van der Waals surface area (Å²) < 4.78 is 7.50. The van der Waals surface area contributed by atoms with Crippen LogP contribution in [0.25, 0.3) is 22.6 Å². The van der Waals surface area contributed by atoms with Crippen LogP contribution in [0.1, 0.15) is 39.3 Å². The zero-order valence-corrected chi connectivity index (χ0v) is 22.2. The molecule has 4 heterocycles. The molecule has 2 amide bonds. The first-order chi connectivity index (χ1) is 19.3. The Hall–Kier alpha value is -4.75. The maximum Gasteiger partial charge on any atom is 0.277 e. The number of carbonyl (C=O) groups excluding carboxylic acids is 2. The van der Waals surface area contributed by atoms with E-state index in [9.17, 15) is 9.59 Å². The molecule has 0 spiro atoms. The van der Waals surface area contributed by atoms with E-state index in [-0.39, 0.29) is 5.56 Å². The van der Waals surface area contributed by atoms with Crippen molar-refractivity contribution in [2.45, 2.75) is 19.8 Å². The molecule has 0 radical (unpaired) electrons. The van der Waals surface area contributed by atoms with Crippen molar-refractivity contribution in [2.75, 3.05) is 31.2 Å². The lowest BCUT2D eigenvalue weighted by Gasteiger charge is -2.28. The SMILES string of the molecule is C/C(=C\Cc1nc2c(N3CCOCC3)nc(-c3cccc(C(N)=O)c3)nc2n1C)Cc1ncc(C(=O)NO)cn1. The molecule has 5 rings (SSSR count). The number of ether oxygens (including phenoxy) is 1. The van der Waals surface area contributed by atoms with Crippen LogP contribution in [0.15, 0.2) is 48.3 Å². The number of hydroxylamine groups is 1. The van der Waals surface area contributed by atoms with Gasteiger partial charge in [-0.1, -0.05) is 23.8 Å². The van der Waals surface area contributed by atoms with Crippen LogP contribution in [0, 0.1) is 0 Å². The Balaban J connectivity index is 1.46. The van der Waals surface area contributed by atoms with Crippen molar-refractivity contribution in [3.05, 3.63) is 71.1 Å². The third-order valence-corrected chi connectivity index (χ3v) is 6.65. The molecule has 0 bridgehead atoms. The molecular weight excluding hydrogens is 514 g/mol. The summed E-state index contributed by atoms with van der Waals surface area (Å²) in [6.45, 7) is 4.51. The number of fused-ring (bicyclic) bond motifs is 1. The molecule has 1 aliphatic rings.